The van der Waals surface area contributed by atoms with Gasteiger partial charge >= 0.3 is 5.97 Å². The van der Waals surface area contributed by atoms with E-state index in [9.17, 15) is 9.90 Å². The Labute approximate surface area is 283 Å². The minimum atomic E-state index is -0.625. The number of nitrogens with two attached hydrogens (primary N) is 2. The Bertz CT molecular complexity index is 1410. The largest absolute Gasteiger partial charge is 0.481 e. The molecular formula is C38H63N5O4. The smallest absolute Gasteiger partial charge is 0.307 e. The molecule has 9 nitrogen and oxygen atoms in total. The molecule has 47 heavy (non-hydrogen) atoms. The topological polar surface area (TPSA) is 139 Å². The van der Waals surface area contributed by atoms with Crippen LogP contribution in [0.15, 0.2) is 18.0 Å². The lowest BCUT2D eigenvalue weighted by atomic mass is 9.34. The summed E-state index contributed by atoms with van der Waals surface area (Å²) in [6.45, 7) is 24.3. The van der Waals surface area contributed by atoms with Crippen LogP contribution in [0.25, 0.3) is 0 Å². The van der Waals surface area contributed by atoms with Gasteiger partial charge in [-0.2, -0.15) is 0 Å². The summed E-state index contributed by atoms with van der Waals surface area (Å²) in [5.74, 6) is 0.903. The first kappa shape index (κ1) is 34.9. The van der Waals surface area contributed by atoms with E-state index in [1.807, 2.05) is 4.68 Å². The average Bonchev–Trinajstić information content (AvgIpc) is 3.42. The Morgan fingerprint density at radius 2 is 1.83 bits per heavy atom. The predicted molar refractivity (Wildman–Crippen MR) is 184 cm³/mol. The summed E-state index contributed by atoms with van der Waals surface area (Å²) in [6.07, 6.45) is 9.81. The van der Waals surface area contributed by atoms with Crippen LogP contribution in [0.1, 0.15) is 114 Å². The Kier molecular flexibility index (Phi) is 8.37. The summed E-state index contributed by atoms with van der Waals surface area (Å²) in [7, 11) is 0. The highest BCUT2D eigenvalue weighted by molar-refractivity contribution is 5.73. The first-order valence-electron chi connectivity index (χ1n) is 18.4. The number of carboxylic acids is 1. The highest BCUT2D eigenvalue weighted by atomic mass is 16.5. The minimum absolute atomic E-state index is 0.0815. The zero-order valence-electron chi connectivity index (χ0n) is 30.8. The van der Waals surface area contributed by atoms with Crippen molar-refractivity contribution in [2.75, 3.05) is 25.6 Å². The quantitative estimate of drug-likeness (QED) is 0.262. The van der Waals surface area contributed by atoms with Gasteiger partial charge in [0, 0.05) is 16.4 Å². The highest BCUT2D eigenvalue weighted by Gasteiger charge is 2.72. The molecule has 12 atom stereocenters. The summed E-state index contributed by atoms with van der Waals surface area (Å²) < 4.78 is 15.6. The molecule has 1 saturated heterocycles. The first-order valence-corrected chi connectivity index (χ1v) is 18.4. The van der Waals surface area contributed by atoms with Gasteiger partial charge in [0.2, 0.25) is 5.95 Å². The number of ether oxygens (including phenoxy) is 2. The molecule has 9 heteroatoms. The number of fused-ring (bicyclic) bond motifs is 3. The monoisotopic (exact) mass is 653 g/mol. The highest BCUT2D eigenvalue weighted by Crippen LogP contribution is 2.75. The SMILES string of the molecule is CC(C)[C@@H](C)[C@@]1(C)CC[C@]2(C)[C@H]3CC[C@@H]4[C@@]5(COC[C@]4(C)[C@@H](OC[C@](C)(N)C(C)C)[C@H](n4cnc(N)n4)C5)C3=CC[C@@]2(C)[C@@H]1C(=O)O. The van der Waals surface area contributed by atoms with E-state index in [1.54, 1.807) is 6.33 Å². The van der Waals surface area contributed by atoms with Crippen molar-refractivity contribution in [3.63, 3.8) is 0 Å². The van der Waals surface area contributed by atoms with Gasteiger partial charge in [-0.3, -0.25) is 4.79 Å². The fourth-order valence-electron chi connectivity index (χ4n) is 12.0. The van der Waals surface area contributed by atoms with Crippen LogP contribution in [0.5, 0.6) is 0 Å². The summed E-state index contributed by atoms with van der Waals surface area (Å²) in [6, 6.07) is -0.0815. The van der Waals surface area contributed by atoms with Crippen LogP contribution in [0.4, 0.5) is 5.95 Å². The molecule has 5 aliphatic rings. The molecule has 0 radical (unpaired) electrons. The molecule has 264 valence electrons. The Balaban J connectivity index is 1.44. The molecule has 1 aromatic rings. The Hall–Kier alpha value is -1.97. The lowest BCUT2D eigenvalue weighted by Crippen LogP contribution is -2.69. The van der Waals surface area contributed by atoms with E-state index < -0.39 is 17.4 Å². The molecule has 0 spiro atoms. The van der Waals surface area contributed by atoms with Crippen molar-refractivity contribution in [1.29, 1.82) is 0 Å². The number of nitrogen functional groups attached to an aromatic ring is 1. The van der Waals surface area contributed by atoms with Crippen molar-refractivity contribution in [3.05, 3.63) is 18.0 Å². The van der Waals surface area contributed by atoms with Crippen molar-refractivity contribution >= 4 is 11.9 Å². The Morgan fingerprint density at radius 1 is 1.13 bits per heavy atom. The molecular weight excluding hydrogens is 590 g/mol. The first-order chi connectivity index (χ1) is 21.8. The molecule has 0 unspecified atom stereocenters. The van der Waals surface area contributed by atoms with Gasteiger partial charge in [-0.1, -0.05) is 74.0 Å². The predicted octanol–water partition coefficient (Wildman–Crippen LogP) is 6.75. The van der Waals surface area contributed by atoms with Crippen LogP contribution < -0.4 is 11.5 Å². The standard InChI is InChI=1S/C38H63N5O4/c1-22(2)24(5)33(6)15-16-35(8)25-11-12-28-34(7)18-46-20-38(28,26(25)13-14-36(35,9)29(33)31(44)45)17-27(43-21-41-32(39)42-43)30(34)47-19-37(10,40)23(3)4/h13,21-25,27-30H,11-12,14-20,40H2,1-10H3,(H2,39,42)(H,44,45)/t24-,25+,27-,28+,29-,30+,33-,34+,35-,36+,37+,38+/m1/s1. The van der Waals surface area contributed by atoms with Gasteiger partial charge in [0.1, 0.15) is 6.33 Å². The van der Waals surface area contributed by atoms with E-state index in [0.717, 1.165) is 38.5 Å². The van der Waals surface area contributed by atoms with Crippen molar-refractivity contribution in [3.8, 4) is 0 Å². The third kappa shape index (κ3) is 4.82. The van der Waals surface area contributed by atoms with Crippen LogP contribution in [0.3, 0.4) is 0 Å². The maximum Gasteiger partial charge on any atom is 0.307 e. The van der Waals surface area contributed by atoms with Gasteiger partial charge in [-0.25, -0.2) is 9.67 Å². The molecule has 4 aliphatic carbocycles. The van der Waals surface area contributed by atoms with Gasteiger partial charge in [-0.05, 0) is 91.3 Å². The summed E-state index contributed by atoms with van der Waals surface area (Å²) in [5.41, 5.74) is 12.7. The molecule has 2 bridgehead atoms. The normalized spacial score (nSPS) is 45.0. The lowest BCUT2D eigenvalue weighted by molar-refractivity contribution is -0.252. The number of hydrogen-bond donors (Lipinski definition) is 3. The summed E-state index contributed by atoms with van der Waals surface area (Å²) in [5, 5.41) is 15.7. The Morgan fingerprint density at radius 3 is 2.43 bits per heavy atom. The number of anilines is 1. The number of hydrogen-bond acceptors (Lipinski definition) is 7. The minimum Gasteiger partial charge on any atom is -0.481 e. The maximum atomic E-state index is 13.4. The third-order valence-electron chi connectivity index (χ3n) is 15.8. The van der Waals surface area contributed by atoms with Gasteiger partial charge in [0.15, 0.2) is 0 Å². The average molecular weight is 654 g/mol. The molecule has 0 amide bonds. The van der Waals surface area contributed by atoms with Crippen LogP contribution in [-0.4, -0.2) is 57.3 Å². The van der Waals surface area contributed by atoms with E-state index in [-0.39, 0.29) is 51.1 Å². The van der Waals surface area contributed by atoms with Gasteiger partial charge in [0.05, 0.1) is 37.9 Å². The second-order valence-electron chi connectivity index (χ2n) is 18.6. The van der Waals surface area contributed by atoms with Crippen LogP contribution in [-0.2, 0) is 14.3 Å². The number of carbonyl (C=O) groups is 1. The van der Waals surface area contributed by atoms with Crippen molar-refractivity contribution < 1.29 is 19.4 Å². The van der Waals surface area contributed by atoms with E-state index in [2.05, 4.69) is 85.4 Å². The van der Waals surface area contributed by atoms with E-state index in [0.29, 0.717) is 43.5 Å². The van der Waals surface area contributed by atoms with E-state index >= 15 is 0 Å². The summed E-state index contributed by atoms with van der Waals surface area (Å²) >= 11 is 0. The number of aromatic nitrogens is 3. The number of nitrogens with zero attached hydrogens (tertiary/aromatic N) is 3. The molecule has 6 rings (SSSR count). The fraction of sp³-hybridized carbons (Fsp3) is 0.868. The fourth-order valence-corrected chi connectivity index (χ4v) is 12.0. The molecule has 1 aliphatic heterocycles. The molecule has 0 aromatic carbocycles. The van der Waals surface area contributed by atoms with Crippen LogP contribution in [0, 0.1) is 62.6 Å². The van der Waals surface area contributed by atoms with Gasteiger partial charge < -0.3 is 26.0 Å². The van der Waals surface area contributed by atoms with Gasteiger partial charge in [-0.15, -0.1) is 5.10 Å². The lowest BCUT2D eigenvalue weighted by Gasteiger charge is -2.71. The molecule has 5 N–H and O–H groups in total. The van der Waals surface area contributed by atoms with Crippen molar-refractivity contribution in [2.45, 2.75) is 125 Å². The van der Waals surface area contributed by atoms with Crippen LogP contribution >= 0.6 is 0 Å². The zero-order chi connectivity index (χ0) is 34.5. The van der Waals surface area contributed by atoms with Crippen molar-refractivity contribution in [1.82, 2.24) is 14.8 Å². The summed E-state index contributed by atoms with van der Waals surface area (Å²) in [4.78, 5) is 17.8. The molecule has 2 heterocycles. The second-order valence-corrected chi connectivity index (χ2v) is 18.6. The van der Waals surface area contributed by atoms with E-state index in [4.69, 9.17) is 20.9 Å². The number of carboxylic acid groups (broad SMARTS) is 1. The zero-order valence-corrected chi connectivity index (χ0v) is 30.8. The van der Waals surface area contributed by atoms with Crippen LogP contribution in [0.2, 0.25) is 0 Å². The molecule has 3 saturated carbocycles. The second kappa shape index (κ2) is 11.3. The van der Waals surface area contributed by atoms with Gasteiger partial charge in [0.25, 0.3) is 0 Å². The number of allylic oxidation sites excluding steroid dienone is 1. The van der Waals surface area contributed by atoms with Crippen molar-refractivity contribution in [2.24, 2.45) is 68.3 Å². The van der Waals surface area contributed by atoms with E-state index in [1.165, 1.54) is 5.57 Å². The molecule has 1 aromatic heterocycles. The number of rotatable bonds is 8. The molecule has 4 fully saturated rings. The maximum absolute atomic E-state index is 13.4. The number of aliphatic carboxylic acids is 1. The third-order valence-corrected chi connectivity index (χ3v) is 15.8.